The molecule has 4 heteroatoms. The summed E-state index contributed by atoms with van der Waals surface area (Å²) in [5.41, 5.74) is 2.57. The SMILES string of the molecule is Cc1ccc(Br)cc1C(=O)N(C)Cc1ccccn1. The van der Waals surface area contributed by atoms with Crippen LogP contribution in [0.3, 0.4) is 0 Å². The number of nitrogens with zero attached hydrogens (tertiary/aromatic N) is 2. The van der Waals surface area contributed by atoms with Crippen LogP contribution in [0.25, 0.3) is 0 Å². The number of carbonyl (C=O) groups is 1. The van der Waals surface area contributed by atoms with Gasteiger partial charge in [-0.25, -0.2) is 0 Å². The van der Waals surface area contributed by atoms with Crippen molar-refractivity contribution in [1.82, 2.24) is 9.88 Å². The van der Waals surface area contributed by atoms with Crippen molar-refractivity contribution in [2.24, 2.45) is 0 Å². The van der Waals surface area contributed by atoms with E-state index in [4.69, 9.17) is 0 Å². The van der Waals surface area contributed by atoms with Gasteiger partial charge >= 0.3 is 0 Å². The minimum Gasteiger partial charge on any atom is -0.336 e. The van der Waals surface area contributed by atoms with Crippen molar-refractivity contribution >= 4 is 21.8 Å². The summed E-state index contributed by atoms with van der Waals surface area (Å²) in [7, 11) is 1.79. The fourth-order valence-electron chi connectivity index (χ4n) is 1.84. The number of hydrogen-bond acceptors (Lipinski definition) is 2. The molecule has 1 amide bonds. The number of benzene rings is 1. The largest absolute Gasteiger partial charge is 0.336 e. The fraction of sp³-hybridized carbons (Fsp3) is 0.200. The van der Waals surface area contributed by atoms with E-state index in [0.29, 0.717) is 12.1 Å². The van der Waals surface area contributed by atoms with Crippen molar-refractivity contribution in [3.63, 3.8) is 0 Å². The van der Waals surface area contributed by atoms with Crippen LogP contribution in [0, 0.1) is 6.92 Å². The van der Waals surface area contributed by atoms with Crippen LogP contribution in [-0.2, 0) is 6.54 Å². The molecule has 0 fully saturated rings. The minimum atomic E-state index is 0.00412. The zero-order valence-electron chi connectivity index (χ0n) is 10.9. The summed E-state index contributed by atoms with van der Waals surface area (Å²) in [4.78, 5) is 18.3. The van der Waals surface area contributed by atoms with Crippen LogP contribution in [0.5, 0.6) is 0 Å². The Bertz CT molecular complexity index is 584. The van der Waals surface area contributed by atoms with Crippen molar-refractivity contribution in [2.45, 2.75) is 13.5 Å². The molecular weight excluding hydrogens is 304 g/mol. The molecule has 0 saturated heterocycles. The van der Waals surface area contributed by atoms with Gasteiger partial charge in [-0.2, -0.15) is 0 Å². The summed E-state index contributed by atoms with van der Waals surface area (Å²) in [6.07, 6.45) is 1.73. The molecule has 19 heavy (non-hydrogen) atoms. The Balaban J connectivity index is 2.17. The zero-order valence-corrected chi connectivity index (χ0v) is 12.5. The van der Waals surface area contributed by atoms with E-state index in [0.717, 1.165) is 15.7 Å². The molecule has 0 radical (unpaired) electrons. The van der Waals surface area contributed by atoms with Crippen molar-refractivity contribution in [3.05, 3.63) is 63.9 Å². The van der Waals surface area contributed by atoms with Gasteiger partial charge < -0.3 is 4.90 Å². The first-order valence-corrected chi connectivity index (χ1v) is 6.79. The summed E-state index contributed by atoms with van der Waals surface area (Å²) in [6, 6.07) is 11.4. The lowest BCUT2D eigenvalue weighted by Gasteiger charge is -2.18. The Kier molecular flexibility index (Phi) is 4.32. The van der Waals surface area contributed by atoms with E-state index in [-0.39, 0.29) is 5.91 Å². The maximum absolute atomic E-state index is 12.4. The van der Waals surface area contributed by atoms with Crippen LogP contribution in [-0.4, -0.2) is 22.8 Å². The third-order valence-electron chi connectivity index (χ3n) is 2.90. The molecule has 0 aliphatic carbocycles. The van der Waals surface area contributed by atoms with E-state index in [1.54, 1.807) is 18.1 Å². The van der Waals surface area contributed by atoms with Gasteiger partial charge in [-0.3, -0.25) is 9.78 Å². The van der Waals surface area contributed by atoms with Crippen LogP contribution < -0.4 is 0 Å². The molecule has 3 nitrogen and oxygen atoms in total. The first-order chi connectivity index (χ1) is 9.08. The second kappa shape index (κ2) is 5.97. The van der Waals surface area contributed by atoms with Crippen LogP contribution in [0.15, 0.2) is 47.1 Å². The number of hydrogen-bond donors (Lipinski definition) is 0. The molecule has 1 aromatic carbocycles. The topological polar surface area (TPSA) is 33.2 Å². The summed E-state index contributed by atoms with van der Waals surface area (Å²) < 4.78 is 0.910. The van der Waals surface area contributed by atoms with Crippen LogP contribution in [0.4, 0.5) is 0 Å². The lowest BCUT2D eigenvalue weighted by Crippen LogP contribution is -2.27. The normalized spacial score (nSPS) is 10.3. The maximum atomic E-state index is 12.4. The van der Waals surface area contributed by atoms with Gasteiger partial charge in [0.2, 0.25) is 0 Å². The molecule has 0 atom stereocenters. The highest BCUT2D eigenvalue weighted by Crippen LogP contribution is 2.18. The van der Waals surface area contributed by atoms with Gasteiger partial charge in [-0.15, -0.1) is 0 Å². The fourth-order valence-corrected chi connectivity index (χ4v) is 2.20. The summed E-state index contributed by atoms with van der Waals surface area (Å²) in [6.45, 7) is 2.44. The first kappa shape index (κ1) is 13.7. The molecule has 0 aliphatic rings. The Morgan fingerprint density at radius 2 is 2.11 bits per heavy atom. The molecule has 0 bridgehead atoms. The highest BCUT2D eigenvalue weighted by Gasteiger charge is 2.15. The van der Waals surface area contributed by atoms with E-state index in [1.165, 1.54) is 0 Å². The first-order valence-electron chi connectivity index (χ1n) is 5.99. The lowest BCUT2D eigenvalue weighted by molar-refractivity contribution is 0.0782. The Hall–Kier alpha value is -1.68. The highest BCUT2D eigenvalue weighted by atomic mass is 79.9. The molecule has 98 valence electrons. The lowest BCUT2D eigenvalue weighted by atomic mass is 10.1. The zero-order chi connectivity index (χ0) is 13.8. The molecular formula is C15H15BrN2O. The van der Waals surface area contributed by atoms with Gasteiger partial charge in [0.25, 0.3) is 5.91 Å². The van der Waals surface area contributed by atoms with E-state index < -0.39 is 0 Å². The number of pyridine rings is 1. The second-order valence-electron chi connectivity index (χ2n) is 4.44. The van der Waals surface area contributed by atoms with Crippen molar-refractivity contribution in [2.75, 3.05) is 7.05 Å². The minimum absolute atomic E-state index is 0.00412. The molecule has 1 aromatic heterocycles. The predicted molar refractivity (Wildman–Crippen MR) is 78.9 cm³/mol. The highest BCUT2D eigenvalue weighted by molar-refractivity contribution is 9.10. The number of halogens is 1. The van der Waals surface area contributed by atoms with Gasteiger partial charge in [-0.1, -0.05) is 28.1 Å². The Morgan fingerprint density at radius 1 is 1.32 bits per heavy atom. The molecule has 1 heterocycles. The second-order valence-corrected chi connectivity index (χ2v) is 5.36. The van der Waals surface area contributed by atoms with Gasteiger partial charge in [0.15, 0.2) is 0 Å². The molecule has 2 aromatic rings. The van der Waals surface area contributed by atoms with E-state index >= 15 is 0 Å². The maximum Gasteiger partial charge on any atom is 0.254 e. The van der Waals surface area contributed by atoms with Crippen LogP contribution in [0.1, 0.15) is 21.6 Å². The Morgan fingerprint density at radius 3 is 2.79 bits per heavy atom. The van der Waals surface area contributed by atoms with Crippen molar-refractivity contribution in [3.8, 4) is 0 Å². The molecule has 2 rings (SSSR count). The summed E-state index contributed by atoms with van der Waals surface area (Å²) in [5.74, 6) is 0.00412. The molecule has 0 unspecified atom stereocenters. The van der Waals surface area contributed by atoms with E-state index in [1.807, 2.05) is 43.3 Å². The Labute approximate surface area is 121 Å². The molecule has 0 spiro atoms. The average molecular weight is 319 g/mol. The third-order valence-corrected chi connectivity index (χ3v) is 3.40. The van der Waals surface area contributed by atoms with Gasteiger partial charge in [0, 0.05) is 23.3 Å². The third kappa shape index (κ3) is 3.41. The molecule has 0 saturated carbocycles. The number of carbonyl (C=O) groups excluding carboxylic acids is 1. The number of amides is 1. The molecule has 0 N–H and O–H groups in total. The van der Waals surface area contributed by atoms with Gasteiger partial charge in [0.05, 0.1) is 12.2 Å². The van der Waals surface area contributed by atoms with E-state index in [9.17, 15) is 4.79 Å². The van der Waals surface area contributed by atoms with Crippen molar-refractivity contribution in [1.29, 1.82) is 0 Å². The predicted octanol–water partition coefficient (Wildman–Crippen LogP) is 3.42. The van der Waals surface area contributed by atoms with Gasteiger partial charge in [-0.05, 0) is 36.8 Å². The van der Waals surface area contributed by atoms with Crippen LogP contribution in [0.2, 0.25) is 0 Å². The monoisotopic (exact) mass is 318 g/mol. The summed E-state index contributed by atoms with van der Waals surface area (Å²) in [5, 5.41) is 0. The van der Waals surface area contributed by atoms with E-state index in [2.05, 4.69) is 20.9 Å². The number of aromatic nitrogens is 1. The standard InChI is InChI=1S/C15H15BrN2O/c1-11-6-7-12(16)9-14(11)15(19)18(2)10-13-5-3-4-8-17-13/h3-9H,10H2,1-2H3. The number of rotatable bonds is 3. The van der Waals surface area contributed by atoms with Gasteiger partial charge in [0.1, 0.15) is 0 Å². The smallest absolute Gasteiger partial charge is 0.254 e. The van der Waals surface area contributed by atoms with Crippen LogP contribution >= 0.6 is 15.9 Å². The van der Waals surface area contributed by atoms with Crippen molar-refractivity contribution < 1.29 is 4.79 Å². The summed E-state index contributed by atoms with van der Waals surface area (Å²) >= 11 is 3.40. The molecule has 0 aliphatic heterocycles. The quantitative estimate of drug-likeness (QED) is 0.868. The average Bonchev–Trinajstić information content (AvgIpc) is 2.42. The number of aryl methyl sites for hydroxylation is 1.